The summed E-state index contributed by atoms with van der Waals surface area (Å²) in [4.78, 5) is 13.0. The lowest BCUT2D eigenvalue weighted by molar-refractivity contribution is -0.302. The van der Waals surface area contributed by atoms with Crippen LogP contribution in [0, 0.1) is 0 Å². The van der Waals surface area contributed by atoms with Crippen molar-refractivity contribution in [3.8, 4) is 0 Å². The molecule has 1 amide bonds. The van der Waals surface area contributed by atoms with E-state index in [-0.39, 0.29) is 12.5 Å². The molecular weight excluding hydrogens is 815 g/mol. The predicted octanol–water partition coefficient (Wildman–Crippen LogP) is 12.3. The molecule has 0 aromatic heterocycles. The molecule has 7 atom stereocenters. The maximum Gasteiger partial charge on any atom is 0.220 e. The normalized spacial score (nSPS) is 20.6. The van der Waals surface area contributed by atoms with Crippen molar-refractivity contribution < 1.29 is 39.8 Å². The van der Waals surface area contributed by atoms with Crippen LogP contribution in [0.5, 0.6) is 0 Å². The summed E-state index contributed by atoms with van der Waals surface area (Å²) in [6.07, 6.45) is 56.0. The fraction of sp³-hybridized carbons (Fsp3) is 0.732. The Morgan fingerprint density at radius 3 is 1.42 bits per heavy atom. The second-order valence-electron chi connectivity index (χ2n) is 17.9. The Morgan fingerprint density at radius 2 is 0.954 bits per heavy atom. The van der Waals surface area contributed by atoms with Gasteiger partial charge < -0.3 is 40.3 Å². The van der Waals surface area contributed by atoms with E-state index in [2.05, 4.69) is 104 Å². The molecular formula is C56H97NO8. The van der Waals surface area contributed by atoms with Crippen molar-refractivity contribution in [2.24, 2.45) is 0 Å². The van der Waals surface area contributed by atoms with Crippen LogP contribution in [0.1, 0.15) is 206 Å². The number of rotatable bonds is 43. The second-order valence-corrected chi connectivity index (χ2v) is 17.9. The Morgan fingerprint density at radius 1 is 0.538 bits per heavy atom. The monoisotopic (exact) mass is 912 g/mol. The van der Waals surface area contributed by atoms with Crippen LogP contribution in [-0.4, -0.2) is 87.5 Å². The quantitative estimate of drug-likeness (QED) is 0.0262. The Hall–Kier alpha value is -2.63. The van der Waals surface area contributed by atoms with E-state index in [9.17, 15) is 30.3 Å². The summed E-state index contributed by atoms with van der Waals surface area (Å²) in [5.41, 5.74) is 0. The standard InChI is InChI=1S/C56H97NO8/c1-3-5-7-9-11-13-15-16-17-18-19-20-21-22-23-24-25-26-27-28-29-30-31-32-33-34-36-38-40-42-44-46-52(60)57-49(48-64-56-55(63)54(62)53(61)51(47-58)65-56)50(59)45-43-41-39-37-35-14-12-10-8-6-4-2/h5,7,11,13,16-17,19-20,22-23,25-26,28-29,49-51,53-56,58-59,61-63H,3-4,6,8-10,12,14-15,18,21,24,27,30-48H2,1-2H3,(H,57,60)/b7-5-,13-11-,17-16-,20-19-,23-22-,26-25-,29-28-. The van der Waals surface area contributed by atoms with Gasteiger partial charge in [-0.25, -0.2) is 0 Å². The number of hydrogen-bond donors (Lipinski definition) is 6. The fourth-order valence-corrected chi connectivity index (χ4v) is 7.85. The Kier molecular flexibility index (Phi) is 42.0. The third-order valence-corrected chi connectivity index (χ3v) is 12.0. The van der Waals surface area contributed by atoms with Crippen LogP contribution < -0.4 is 5.32 Å². The molecule has 1 rings (SSSR count). The zero-order valence-electron chi connectivity index (χ0n) is 41.2. The van der Waals surface area contributed by atoms with Gasteiger partial charge in [-0.15, -0.1) is 0 Å². The minimum atomic E-state index is -1.56. The minimum Gasteiger partial charge on any atom is -0.394 e. The number of allylic oxidation sites excluding steroid dienone is 14. The highest BCUT2D eigenvalue weighted by Crippen LogP contribution is 2.23. The molecule has 65 heavy (non-hydrogen) atoms. The number of nitrogens with one attached hydrogen (secondary N) is 1. The second kappa shape index (κ2) is 45.2. The summed E-state index contributed by atoms with van der Waals surface area (Å²) in [6, 6.07) is -0.726. The zero-order chi connectivity index (χ0) is 47.3. The molecule has 0 aliphatic carbocycles. The molecule has 374 valence electrons. The van der Waals surface area contributed by atoms with Crippen molar-refractivity contribution in [1.82, 2.24) is 5.32 Å². The van der Waals surface area contributed by atoms with E-state index < -0.39 is 49.5 Å². The van der Waals surface area contributed by atoms with Gasteiger partial charge in [0.05, 0.1) is 25.4 Å². The molecule has 1 aliphatic rings. The Balaban J connectivity index is 2.19. The van der Waals surface area contributed by atoms with Gasteiger partial charge in [0, 0.05) is 6.42 Å². The van der Waals surface area contributed by atoms with E-state index in [1.165, 1.54) is 89.9 Å². The average Bonchev–Trinajstić information content (AvgIpc) is 3.31. The van der Waals surface area contributed by atoms with Gasteiger partial charge in [0.15, 0.2) is 6.29 Å². The molecule has 0 spiro atoms. The lowest BCUT2D eigenvalue weighted by Crippen LogP contribution is -2.60. The number of amides is 1. The maximum atomic E-state index is 13.0. The lowest BCUT2D eigenvalue weighted by Gasteiger charge is -2.40. The number of carbonyl (C=O) groups excluding carboxylic acids is 1. The first kappa shape index (κ1) is 60.4. The van der Waals surface area contributed by atoms with Crippen molar-refractivity contribution >= 4 is 5.91 Å². The fourth-order valence-electron chi connectivity index (χ4n) is 7.85. The summed E-state index contributed by atoms with van der Waals surface area (Å²) in [5, 5.41) is 54.4. The number of aliphatic hydroxyl groups is 5. The number of ether oxygens (including phenoxy) is 2. The topological polar surface area (TPSA) is 149 Å². The van der Waals surface area contributed by atoms with Crippen LogP contribution in [0.25, 0.3) is 0 Å². The van der Waals surface area contributed by atoms with Crippen molar-refractivity contribution in [3.63, 3.8) is 0 Å². The van der Waals surface area contributed by atoms with Crippen LogP contribution in [0.15, 0.2) is 85.1 Å². The predicted molar refractivity (Wildman–Crippen MR) is 271 cm³/mol. The smallest absolute Gasteiger partial charge is 0.220 e. The van der Waals surface area contributed by atoms with Crippen molar-refractivity contribution in [3.05, 3.63) is 85.1 Å². The van der Waals surface area contributed by atoms with E-state index in [0.29, 0.717) is 12.8 Å². The van der Waals surface area contributed by atoms with Gasteiger partial charge in [0.2, 0.25) is 5.91 Å². The van der Waals surface area contributed by atoms with Crippen molar-refractivity contribution in [2.75, 3.05) is 13.2 Å². The molecule has 1 heterocycles. The minimum absolute atomic E-state index is 0.145. The Bertz CT molecular complexity index is 1290. The van der Waals surface area contributed by atoms with Gasteiger partial charge in [0.25, 0.3) is 0 Å². The van der Waals surface area contributed by atoms with E-state index in [1.54, 1.807) is 0 Å². The van der Waals surface area contributed by atoms with Gasteiger partial charge in [-0.05, 0) is 70.6 Å². The molecule has 0 saturated carbocycles. The van der Waals surface area contributed by atoms with Gasteiger partial charge in [-0.1, -0.05) is 214 Å². The first-order chi connectivity index (χ1) is 31.8. The number of hydrogen-bond acceptors (Lipinski definition) is 8. The third kappa shape index (κ3) is 35.2. The summed E-state index contributed by atoms with van der Waals surface area (Å²) < 4.78 is 11.3. The van der Waals surface area contributed by atoms with Crippen LogP contribution in [0.3, 0.4) is 0 Å². The maximum absolute atomic E-state index is 13.0. The Labute approximate surface area is 397 Å². The molecule has 7 unspecified atom stereocenters. The first-order valence-electron chi connectivity index (χ1n) is 26.3. The van der Waals surface area contributed by atoms with Crippen LogP contribution in [0.2, 0.25) is 0 Å². The molecule has 0 bridgehead atoms. The van der Waals surface area contributed by atoms with Gasteiger partial charge in [0.1, 0.15) is 24.4 Å². The average molecular weight is 912 g/mol. The highest BCUT2D eigenvalue weighted by Gasteiger charge is 2.44. The van der Waals surface area contributed by atoms with Gasteiger partial charge >= 0.3 is 0 Å². The van der Waals surface area contributed by atoms with E-state index in [0.717, 1.165) is 89.9 Å². The number of unbranched alkanes of at least 4 members (excludes halogenated alkanes) is 19. The summed E-state index contributed by atoms with van der Waals surface area (Å²) in [6.45, 7) is 3.69. The number of aliphatic hydroxyl groups excluding tert-OH is 5. The first-order valence-corrected chi connectivity index (χ1v) is 26.3. The van der Waals surface area contributed by atoms with Crippen LogP contribution in [0.4, 0.5) is 0 Å². The third-order valence-electron chi connectivity index (χ3n) is 12.0. The highest BCUT2D eigenvalue weighted by molar-refractivity contribution is 5.76. The van der Waals surface area contributed by atoms with Crippen LogP contribution in [-0.2, 0) is 14.3 Å². The molecule has 9 heteroatoms. The molecule has 1 fully saturated rings. The molecule has 9 nitrogen and oxygen atoms in total. The summed E-state index contributed by atoms with van der Waals surface area (Å²) in [5.74, 6) is -0.156. The number of carbonyl (C=O) groups is 1. The van der Waals surface area contributed by atoms with Crippen LogP contribution >= 0.6 is 0 Å². The summed E-state index contributed by atoms with van der Waals surface area (Å²) >= 11 is 0. The van der Waals surface area contributed by atoms with Crippen molar-refractivity contribution in [2.45, 2.75) is 249 Å². The molecule has 6 N–H and O–H groups in total. The highest BCUT2D eigenvalue weighted by atomic mass is 16.7. The summed E-state index contributed by atoms with van der Waals surface area (Å²) in [7, 11) is 0. The molecule has 1 aliphatic heterocycles. The van der Waals surface area contributed by atoms with Gasteiger partial charge in [-0.3, -0.25) is 4.79 Å². The SMILES string of the molecule is CC/C=C\C/C=C\C/C=C\C/C=C\C/C=C\C/C=C\C/C=C\CCCCCCCCCCCC(=O)NC(COC1OC(CO)C(O)C(O)C1O)C(O)CCCCCCCCCCCCC. The van der Waals surface area contributed by atoms with E-state index in [1.807, 2.05) is 0 Å². The van der Waals surface area contributed by atoms with Gasteiger partial charge in [-0.2, -0.15) is 0 Å². The van der Waals surface area contributed by atoms with Crippen molar-refractivity contribution in [1.29, 1.82) is 0 Å². The molecule has 1 saturated heterocycles. The molecule has 0 aromatic rings. The van der Waals surface area contributed by atoms with E-state index in [4.69, 9.17) is 9.47 Å². The molecule has 0 radical (unpaired) electrons. The zero-order valence-corrected chi connectivity index (χ0v) is 41.2. The van der Waals surface area contributed by atoms with E-state index >= 15 is 0 Å². The lowest BCUT2D eigenvalue weighted by atomic mass is 9.99. The largest absolute Gasteiger partial charge is 0.394 e. The molecule has 0 aromatic carbocycles.